The van der Waals surface area contributed by atoms with Crippen molar-refractivity contribution in [1.82, 2.24) is 9.95 Å². The van der Waals surface area contributed by atoms with Crippen molar-refractivity contribution in [1.29, 1.82) is 0 Å². The molecule has 0 fully saturated rings. The molecule has 1 unspecified atom stereocenters. The van der Waals surface area contributed by atoms with Crippen LogP contribution in [0.15, 0.2) is 40.7 Å². The summed E-state index contributed by atoms with van der Waals surface area (Å²) < 4.78 is 13.0. The van der Waals surface area contributed by atoms with E-state index in [1.165, 1.54) is 207 Å². The minimum Gasteiger partial charge on any atom is -0.469 e. The van der Waals surface area contributed by atoms with E-state index in [0.717, 1.165) is 49.8 Å². The maximum absolute atomic E-state index is 12.8. The average molecular weight is 857 g/mol. The molecule has 2 rings (SSSR count). The van der Waals surface area contributed by atoms with Crippen molar-refractivity contribution < 1.29 is 19.1 Å². The summed E-state index contributed by atoms with van der Waals surface area (Å²) in [5.74, 6) is 0.189. The highest BCUT2D eigenvalue weighted by atomic mass is 32.2. The fourth-order valence-corrected chi connectivity index (χ4v) is 9.60. The predicted molar refractivity (Wildman–Crippen MR) is 254 cm³/mol. The SMILES string of the molecule is CCCCCCCCCCCCCCCCCCCCCCCC[C@@H](C(=O)OC)[C@@H](CCCCCCCCCCCCCCSN1NN=NC1c1ccccc1)OC(C)=O. The molecule has 0 saturated carbocycles. The van der Waals surface area contributed by atoms with Gasteiger partial charge in [0.05, 0.1) is 13.0 Å². The van der Waals surface area contributed by atoms with Gasteiger partial charge in [-0.2, -0.15) is 0 Å². The van der Waals surface area contributed by atoms with Crippen molar-refractivity contribution in [2.45, 2.75) is 257 Å². The number of benzene rings is 1. The van der Waals surface area contributed by atoms with Crippen LogP contribution in [0.5, 0.6) is 0 Å². The van der Waals surface area contributed by atoms with E-state index in [1.54, 1.807) is 11.9 Å². The van der Waals surface area contributed by atoms with Gasteiger partial charge in [0, 0.05) is 12.7 Å². The first-order valence-corrected chi connectivity index (χ1v) is 26.4. The average Bonchev–Trinajstić information content (AvgIpc) is 3.73. The molecular weight excluding hydrogens is 765 g/mol. The van der Waals surface area contributed by atoms with Gasteiger partial charge in [-0.15, -0.1) is 9.53 Å². The first kappa shape index (κ1) is 54.0. The Kier molecular flexibility index (Phi) is 35.7. The minimum atomic E-state index is -0.377. The first-order valence-electron chi connectivity index (χ1n) is 25.4. The Morgan fingerprint density at radius 2 is 1.00 bits per heavy atom. The maximum Gasteiger partial charge on any atom is 0.312 e. The Balaban J connectivity index is 1.40. The van der Waals surface area contributed by atoms with Gasteiger partial charge in [-0.1, -0.05) is 260 Å². The topological polar surface area (TPSA) is 92.6 Å². The smallest absolute Gasteiger partial charge is 0.312 e. The van der Waals surface area contributed by atoms with Crippen LogP contribution in [0, 0.1) is 5.92 Å². The van der Waals surface area contributed by atoms with Crippen molar-refractivity contribution in [3.05, 3.63) is 35.9 Å². The van der Waals surface area contributed by atoms with E-state index >= 15 is 0 Å². The summed E-state index contributed by atoms with van der Waals surface area (Å²) in [7, 11) is 1.46. The number of nitrogens with one attached hydrogen (secondary N) is 1. The first-order chi connectivity index (χ1) is 29.6. The van der Waals surface area contributed by atoms with Crippen LogP contribution >= 0.6 is 11.9 Å². The Bertz CT molecular complexity index is 1160. The number of unbranched alkanes of at least 4 members (excludes halogenated alkanes) is 32. The number of rotatable bonds is 43. The highest BCUT2D eigenvalue weighted by molar-refractivity contribution is 7.96. The molecule has 1 aromatic rings. The van der Waals surface area contributed by atoms with Gasteiger partial charge in [0.1, 0.15) is 6.10 Å². The predicted octanol–water partition coefficient (Wildman–Crippen LogP) is 16.3. The fraction of sp³-hybridized carbons (Fsp3) is 0.843. The summed E-state index contributed by atoms with van der Waals surface area (Å²) in [6, 6.07) is 10.3. The second-order valence-electron chi connectivity index (χ2n) is 17.8. The third-order valence-electron chi connectivity index (χ3n) is 12.4. The van der Waals surface area contributed by atoms with Gasteiger partial charge in [-0.25, -0.2) is 5.53 Å². The molecule has 8 nitrogen and oxygen atoms in total. The molecule has 0 spiro atoms. The van der Waals surface area contributed by atoms with Crippen LogP contribution in [-0.2, 0) is 19.1 Å². The molecule has 346 valence electrons. The molecule has 3 atom stereocenters. The lowest BCUT2D eigenvalue weighted by atomic mass is 9.91. The van der Waals surface area contributed by atoms with Crippen LogP contribution in [0.2, 0.25) is 0 Å². The molecule has 1 N–H and O–H groups in total. The van der Waals surface area contributed by atoms with E-state index in [2.05, 4.69) is 39.3 Å². The fourth-order valence-electron chi connectivity index (χ4n) is 8.67. The quantitative estimate of drug-likeness (QED) is 0.0397. The van der Waals surface area contributed by atoms with Crippen molar-refractivity contribution in [2.24, 2.45) is 16.3 Å². The molecule has 0 bridgehead atoms. The molecule has 0 aliphatic carbocycles. The van der Waals surface area contributed by atoms with Crippen LogP contribution in [0.1, 0.15) is 257 Å². The third kappa shape index (κ3) is 29.2. The zero-order valence-electron chi connectivity index (χ0n) is 39.2. The molecule has 1 aliphatic rings. The van der Waals surface area contributed by atoms with Crippen molar-refractivity contribution in [3.8, 4) is 0 Å². The molecule has 0 radical (unpaired) electrons. The zero-order chi connectivity index (χ0) is 43.0. The number of carbonyl (C=O) groups excluding carboxylic acids is 2. The lowest BCUT2D eigenvalue weighted by molar-refractivity contribution is -0.160. The Morgan fingerprint density at radius 3 is 1.42 bits per heavy atom. The Hall–Kier alpha value is -2.13. The number of hydrogen-bond donors (Lipinski definition) is 1. The van der Waals surface area contributed by atoms with Crippen LogP contribution in [0.3, 0.4) is 0 Å². The van der Waals surface area contributed by atoms with Gasteiger partial charge in [0.25, 0.3) is 0 Å². The van der Waals surface area contributed by atoms with E-state index in [9.17, 15) is 9.59 Å². The molecule has 1 aromatic carbocycles. The summed E-state index contributed by atoms with van der Waals surface area (Å²) >= 11 is 1.78. The molecule has 0 saturated heterocycles. The summed E-state index contributed by atoms with van der Waals surface area (Å²) in [5, 5.41) is 8.35. The van der Waals surface area contributed by atoms with Crippen LogP contribution < -0.4 is 5.53 Å². The summed E-state index contributed by atoms with van der Waals surface area (Å²) in [6.07, 6.45) is 46.0. The van der Waals surface area contributed by atoms with Crippen LogP contribution in [-0.4, -0.2) is 35.3 Å². The highest BCUT2D eigenvalue weighted by Crippen LogP contribution is 2.31. The van der Waals surface area contributed by atoms with Gasteiger partial charge in [0.2, 0.25) is 0 Å². The summed E-state index contributed by atoms with van der Waals surface area (Å²) in [4.78, 5) is 24.8. The van der Waals surface area contributed by atoms with Gasteiger partial charge >= 0.3 is 11.9 Å². The number of nitrogens with zero attached hydrogens (tertiary/aromatic N) is 3. The number of ether oxygens (including phenoxy) is 2. The van der Waals surface area contributed by atoms with Crippen molar-refractivity contribution in [3.63, 3.8) is 0 Å². The lowest BCUT2D eigenvalue weighted by Gasteiger charge is -2.25. The van der Waals surface area contributed by atoms with E-state index in [-0.39, 0.29) is 30.1 Å². The summed E-state index contributed by atoms with van der Waals surface area (Å²) in [5.41, 5.74) is 4.18. The van der Waals surface area contributed by atoms with Crippen molar-refractivity contribution in [2.75, 3.05) is 12.9 Å². The molecule has 1 heterocycles. The van der Waals surface area contributed by atoms with E-state index in [1.807, 2.05) is 18.2 Å². The van der Waals surface area contributed by atoms with E-state index in [4.69, 9.17) is 9.47 Å². The Morgan fingerprint density at radius 1 is 0.600 bits per heavy atom. The molecule has 0 aromatic heterocycles. The van der Waals surface area contributed by atoms with E-state index in [0.29, 0.717) is 0 Å². The number of hydrogen-bond acceptors (Lipinski definition) is 9. The zero-order valence-corrected chi connectivity index (χ0v) is 40.0. The lowest BCUT2D eigenvalue weighted by Crippen LogP contribution is -2.33. The van der Waals surface area contributed by atoms with Gasteiger partial charge < -0.3 is 9.47 Å². The van der Waals surface area contributed by atoms with Crippen LogP contribution in [0.4, 0.5) is 0 Å². The number of hydrazine groups is 1. The van der Waals surface area contributed by atoms with E-state index < -0.39 is 0 Å². The normalized spacial score (nSPS) is 14.9. The Labute approximate surface area is 373 Å². The largest absolute Gasteiger partial charge is 0.469 e. The minimum absolute atomic E-state index is 0.0458. The maximum atomic E-state index is 12.8. The summed E-state index contributed by atoms with van der Waals surface area (Å²) in [6.45, 7) is 3.75. The number of carbonyl (C=O) groups is 2. The standard InChI is InChI=1S/C51H92N4O4S/c1-4-5-6-7-8-9-10-11-12-13-14-15-16-17-18-19-20-23-26-29-32-38-43-48(51(57)58-3)49(59-46(2)56)44-39-33-30-27-24-21-22-25-28-31-34-40-45-60-55-50(52-53-54-55)47-41-36-35-37-42-47/h35-37,41-42,48-50H,4-34,38-40,43-45H2,1-3H3,(H,52,54)/t48-,49-,50?/m1/s1. The molecule has 9 heteroatoms. The molecule has 0 amide bonds. The third-order valence-corrected chi connectivity index (χ3v) is 13.4. The number of methoxy groups -OCH3 is 1. The number of esters is 2. The van der Waals surface area contributed by atoms with Gasteiger partial charge in [-0.05, 0) is 31.2 Å². The molecular formula is C51H92N4O4S. The molecule has 60 heavy (non-hydrogen) atoms. The van der Waals surface area contributed by atoms with Crippen molar-refractivity contribution >= 4 is 23.9 Å². The second kappa shape index (κ2) is 39.7. The van der Waals surface area contributed by atoms with Gasteiger partial charge in [0.15, 0.2) is 6.17 Å². The van der Waals surface area contributed by atoms with Gasteiger partial charge in [-0.3, -0.25) is 9.59 Å². The molecule has 1 aliphatic heterocycles. The second-order valence-corrected chi connectivity index (χ2v) is 18.8. The monoisotopic (exact) mass is 857 g/mol. The van der Waals surface area contributed by atoms with Crippen LogP contribution in [0.25, 0.3) is 0 Å². The highest BCUT2D eigenvalue weighted by Gasteiger charge is 2.31.